The van der Waals surface area contributed by atoms with Gasteiger partial charge >= 0.3 is 6.09 Å². The molecule has 0 aromatic carbocycles. The summed E-state index contributed by atoms with van der Waals surface area (Å²) in [6.45, 7) is 11.6. The largest absolute Gasteiger partial charge is 0.444 e. The van der Waals surface area contributed by atoms with E-state index in [9.17, 15) is 9.59 Å². The third kappa shape index (κ3) is 3.85. The van der Waals surface area contributed by atoms with Gasteiger partial charge in [-0.25, -0.2) is 9.86 Å². The summed E-state index contributed by atoms with van der Waals surface area (Å²) in [5.41, 5.74) is -1.15. The highest BCUT2D eigenvalue weighted by molar-refractivity contribution is 5.92. The average Bonchev–Trinajstić information content (AvgIpc) is 2.29. The highest BCUT2D eigenvalue weighted by Crippen LogP contribution is 2.32. The standard InChI is InChI=1S/C14H26N2O4/c1-7-8-9-19-16-11(17)10(14(16,5)6)15-12(18)20-13(2,3)4/h10H,7-9H2,1-6H3,(H,15,18)/t10-/m1/s1. The number of nitrogens with zero attached hydrogens (tertiary/aromatic N) is 1. The molecule has 1 fully saturated rings. The Morgan fingerprint density at radius 1 is 1.40 bits per heavy atom. The molecule has 1 N–H and O–H groups in total. The van der Waals surface area contributed by atoms with Crippen molar-refractivity contribution in [1.29, 1.82) is 0 Å². The lowest BCUT2D eigenvalue weighted by molar-refractivity contribution is -0.257. The van der Waals surface area contributed by atoms with E-state index in [4.69, 9.17) is 9.57 Å². The van der Waals surface area contributed by atoms with Crippen molar-refractivity contribution < 1.29 is 19.2 Å². The van der Waals surface area contributed by atoms with Crippen LogP contribution in [-0.4, -0.2) is 40.9 Å². The molecule has 0 saturated carbocycles. The number of alkyl carbamates (subject to hydrolysis) is 1. The van der Waals surface area contributed by atoms with Gasteiger partial charge in [0, 0.05) is 0 Å². The fourth-order valence-electron chi connectivity index (χ4n) is 1.95. The number of carbonyl (C=O) groups is 2. The van der Waals surface area contributed by atoms with Crippen LogP contribution in [0.25, 0.3) is 0 Å². The Bertz CT molecular complexity index is 374. The Kier molecular flexibility index (Phi) is 5.02. The van der Waals surface area contributed by atoms with Crippen molar-refractivity contribution >= 4 is 12.0 Å². The maximum absolute atomic E-state index is 12.0. The van der Waals surface area contributed by atoms with Gasteiger partial charge in [-0.05, 0) is 41.0 Å². The second-order valence-corrected chi connectivity index (χ2v) is 6.55. The molecular weight excluding hydrogens is 260 g/mol. The molecule has 1 saturated heterocycles. The molecule has 0 aromatic heterocycles. The van der Waals surface area contributed by atoms with Crippen LogP contribution in [0.3, 0.4) is 0 Å². The molecule has 0 spiro atoms. The Balaban J connectivity index is 2.53. The van der Waals surface area contributed by atoms with Crippen molar-refractivity contribution in [2.45, 2.75) is 71.6 Å². The maximum atomic E-state index is 12.0. The van der Waals surface area contributed by atoms with Crippen LogP contribution in [0.4, 0.5) is 4.79 Å². The van der Waals surface area contributed by atoms with Gasteiger partial charge in [0.05, 0.1) is 12.1 Å². The Morgan fingerprint density at radius 2 is 2.00 bits per heavy atom. The number of hydrogen-bond acceptors (Lipinski definition) is 4. The number of hydroxylamine groups is 2. The molecule has 1 atom stereocenters. The fourth-order valence-corrected chi connectivity index (χ4v) is 1.95. The molecule has 1 heterocycles. The monoisotopic (exact) mass is 286 g/mol. The van der Waals surface area contributed by atoms with E-state index < -0.39 is 23.3 Å². The van der Waals surface area contributed by atoms with Gasteiger partial charge in [0.15, 0.2) is 0 Å². The summed E-state index contributed by atoms with van der Waals surface area (Å²) in [4.78, 5) is 29.2. The van der Waals surface area contributed by atoms with Gasteiger partial charge in [-0.3, -0.25) is 9.63 Å². The van der Waals surface area contributed by atoms with E-state index in [1.165, 1.54) is 5.06 Å². The Labute approximate surface area is 120 Å². The van der Waals surface area contributed by atoms with Gasteiger partial charge < -0.3 is 10.1 Å². The summed E-state index contributed by atoms with van der Waals surface area (Å²) < 4.78 is 5.16. The number of ether oxygens (including phenoxy) is 1. The average molecular weight is 286 g/mol. The third-order valence-electron chi connectivity index (χ3n) is 3.06. The molecule has 0 aromatic rings. The van der Waals surface area contributed by atoms with Crippen molar-refractivity contribution in [3.05, 3.63) is 0 Å². The topological polar surface area (TPSA) is 67.9 Å². The van der Waals surface area contributed by atoms with E-state index in [1.54, 1.807) is 20.8 Å². The predicted molar refractivity (Wildman–Crippen MR) is 74.9 cm³/mol. The van der Waals surface area contributed by atoms with Crippen molar-refractivity contribution in [2.24, 2.45) is 0 Å². The summed E-state index contributed by atoms with van der Waals surface area (Å²) in [5.74, 6) is -0.239. The molecule has 0 bridgehead atoms. The summed E-state index contributed by atoms with van der Waals surface area (Å²) in [6.07, 6.45) is 1.31. The normalized spacial score (nSPS) is 21.4. The van der Waals surface area contributed by atoms with Crippen molar-refractivity contribution in [3.8, 4) is 0 Å². The summed E-state index contributed by atoms with van der Waals surface area (Å²) in [6, 6.07) is -0.612. The van der Waals surface area contributed by atoms with Crippen LogP contribution < -0.4 is 5.32 Å². The number of amides is 2. The lowest BCUT2D eigenvalue weighted by Gasteiger charge is -2.51. The lowest BCUT2D eigenvalue weighted by atomic mass is 9.84. The maximum Gasteiger partial charge on any atom is 0.408 e. The SMILES string of the molecule is CCCCON1C(=O)[C@@H](NC(=O)OC(C)(C)C)C1(C)C. The summed E-state index contributed by atoms with van der Waals surface area (Å²) >= 11 is 0. The van der Waals surface area contributed by atoms with E-state index >= 15 is 0 Å². The van der Waals surface area contributed by atoms with Crippen LogP contribution in [0.5, 0.6) is 0 Å². The van der Waals surface area contributed by atoms with Crippen molar-refractivity contribution in [2.75, 3.05) is 6.61 Å². The van der Waals surface area contributed by atoms with Gasteiger partial charge in [0.2, 0.25) is 0 Å². The Hall–Kier alpha value is -1.30. The first kappa shape index (κ1) is 16.8. The minimum Gasteiger partial charge on any atom is -0.444 e. The minimum atomic E-state index is -0.612. The van der Waals surface area contributed by atoms with Gasteiger partial charge in [-0.15, -0.1) is 0 Å². The van der Waals surface area contributed by atoms with E-state index in [-0.39, 0.29) is 5.91 Å². The van der Waals surface area contributed by atoms with Crippen LogP contribution in [0.1, 0.15) is 54.4 Å². The first-order chi connectivity index (χ1) is 9.09. The smallest absolute Gasteiger partial charge is 0.408 e. The zero-order valence-electron chi connectivity index (χ0n) is 13.3. The molecule has 116 valence electrons. The molecule has 1 rings (SSSR count). The van der Waals surface area contributed by atoms with Gasteiger partial charge in [-0.1, -0.05) is 13.3 Å². The van der Waals surface area contributed by atoms with Gasteiger partial charge in [0.25, 0.3) is 5.91 Å². The number of hydrogen-bond donors (Lipinski definition) is 1. The Morgan fingerprint density at radius 3 is 2.45 bits per heavy atom. The van der Waals surface area contributed by atoms with Crippen LogP contribution >= 0.6 is 0 Å². The van der Waals surface area contributed by atoms with Gasteiger partial charge in [0.1, 0.15) is 11.6 Å². The molecule has 6 heteroatoms. The van der Waals surface area contributed by atoms with E-state index in [0.29, 0.717) is 6.61 Å². The first-order valence-corrected chi connectivity index (χ1v) is 7.06. The second-order valence-electron chi connectivity index (χ2n) is 6.55. The number of carbonyl (C=O) groups excluding carboxylic acids is 2. The van der Waals surface area contributed by atoms with E-state index in [1.807, 2.05) is 13.8 Å². The summed E-state index contributed by atoms with van der Waals surface area (Å²) in [5, 5.41) is 3.94. The van der Waals surface area contributed by atoms with E-state index in [0.717, 1.165) is 12.8 Å². The highest BCUT2D eigenvalue weighted by atomic mass is 16.7. The number of unbranched alkanes of at least 4 members (excludes halogenated alkanes) is 1. The van der Waals surface area contributed by atoms with Crippen molar-refractivity contribution in [1.82, 2.24) is 10.4 Å². The van der Waals surface area contributed by atoms with Crippen LogP contribution in [0.2, 0.25) is 0 Å². The van der Waals surface area contributed by atoms with Crippen molar-refractivity contribution in [3.63, 3.8) is 0 Å². The van der Waals surface area contributed by atoms with E-state index in [2.05, 4.69) is 12.2 Å². The molecule has 1 aliphatic rings. The molecule has 0 unspecified atom stereocenters. The first-order valence-electron chi connectivity index (χ1n) is 7.06. The van der Waals surface area contributed by atoms with Crippen LogP contribution in [0, 0.1) is 0 Å². The second kappa shape index (κ2) is 5.99. The summed E-state index contributed by atoms with van der Waals surface area (Å²) in [7, 11) is 0. The molecule has 0 aliphatic carbocycles. The molecule has 1 aliphatic heterocycles. The van der Waals surface area contributed by atoms with Crippen LogP contribution in [0.15, 0.2) is 0 Å². The van der Waals surface area contributed by atoms with Crippen LogP contribution in [-0.2, 0) is 14.4 Å². The zero-order chi connectivity index (χ0) is 15.6. The zero-order valence-corrected chi connectivity index (χ0v) is 13.3. The molecule has 2 amide bonds. The molecule has 0 radical (unpaired) electrons. The minimum absolute atomic E-state index is 0.239. The molecule has 20 heavy (non-hydrogen) atoms. The number of nitrogens with one attached hydrogen (secondary N) is 1. The lowest BCUT2D eigenvalue weighted by Crippen LogP contribution is -2.76. The molecule has 6 nitrogen and oxygen atoms in total. The predicted octanol–water partition coefficient (Wildman–Crippen LogP) is 2.23. The molecular formula is C14H26N2O4. The number of rotatable bonds is 5. The fraction of sp³-hybridized carbons (Fsp3) is 0.857. The number of β-lactam (4-membered cyclic amide) rings is 1. The highest BCUT2D eigenvalue weighted by Gasteiger charge is 2.56. The quantitative estimate of drug-likeness (QED) is 0.621. The third-order valence-corrected chi connectivity index (χ3v) is 3.06. The van der Waals surface area contributed by atoms with Gasteiger partial charge in [-0.2, -0.15) is 0 Å².